The summed E-state index contributed by atoms with van der Waals surface area (Å²) in [4.78, 5) is 25.5. The van der Waals surface area contributed by atoms with Gasteiger partial charge >= 0.3 is 0 Å². The molecule has 1 aromatic carbocycles. The van der Waals surface area contributed by atoms with E-state index < -0.39 is 17.7 Å². The largest absolute Gasteiger partial charge is 0.395 e. The number of hydrogen-bond donors (Lipinski definition) is 1. The van der Waals surface area contributed by atoms with Crippen LogP contribution < -0.4 is 4.90 Å². The zero-order chi connectivity index (χ0) is 15.6. The van der Waals surface area contributed by atoms with E-state index in [-0.39, 0.29) is 30.4 Å². The number of anilines is 1. The number of nitrogens with zero attached hydrogens (tertiary/aromatic N) is 1. The summed E-state index contributed by atoms with van der Waals surface area (Å²) in [6.45, 7) is 3.30. The first-order valence-electron chi connectivity index (χ1n) is 6.74. The fourth-order valence-electron chi connectivity index (χ4n) is 2.20. The molecular weight excluding hydrogens is 273 g/mol. The van der Waals surface area contributed by atoms with Crippen LogP contribution in [0.4, 0.5) is 10.1 Å². The predicted octanol–water partition coefficient (Wildman–Crippen LogP) is 1.71. The smallest absolute Gasteiger partial charge is 0.237 e. The van der Waals surface area contributed by atoms with Gasteiger partial charge in [0.15, 0.2) is 0 Å². The van der Waals surface area contributed by atoms with Crippen molar-refractivity contribution in [1.29, 1.82) is 0 Å². The van der Waals surface area contributed by atoms with E-state index >= 15 is 0 Å². The highest BCUT2D eigenvalue weighted by atomic mass is 19.1. The number of halogens is 1. The van der Waals surface area contributed by atoms with Crippen LogP contribution >= 0.6 is 0 Å². The topological polar surface area (TPSA) is 57.6 Å². The molecule has 1 aromatic rings. The second kappa shape index (κ2) is 6.06. The third-order valence-electron chi connectivity index (χ3n) is 3.63. The van der Waals surface area contributed by atoms with Crippen molar-refractivity contribution in [3.63, 3.8) is 0 Å². The first-order valence-corrected chi connectivity index (χ1v) is 6.74. The Morgan fingerprint density at radius 2 is 1.86 bits per heavy atom. The first kappa shape index (κ1) is 15.2. The molecule has 1 aliphatic rings. The first-order chi connectivity index (χ1) is 9.97. The van der Waals surface area contributed by atoms with Crippen molar-refractivity contribution in [2.24, 2.45) is 11.8 Å². The van der Waals surface area contributed by atoms with E-state index in [1.54, 1.807) is 13.8 Å². The number of carbonyl (C=O) groups excluding carboxylic acids is 2. The molecule has 0 aromatic heterocycles. The van der Waals surface area contributed by atoms with Crippen molar-refractivity contribution in [2.45, 2.75) is 20.3 Å². The summed E-state index contributed by atoms with van der Waals surface area (Å²) < 4.78 is 13.4. The third kappa shape index (κ3) is 2.81. The van der Waals surface area contributed by atoms with E-state index in [0.29, 0.717) is 5.69 Å². The van der Waals surface area contributed by atoms with E-state index in [1.807, 2.05) is 0 Å². The summed E-state index contributed by atoms with van der Waals surface area (Å²) in [5.41, 5.74) is 0.569. The fraction of sp³-hybridized carbons (Fsp3) is 0.375. The highest BCUT2D eigenvalue weighted by Crippen LogP contribution is 2.32. The lowest BCUT2D eigenvalue weighted by Gasteiger charge is -2.16. The summed E-state index contributed by atoms with van der Waals surface area (Å²) in [6.07, 6.45) is 0.241. The van der Waals surface area contributed by atoms with Gasteiger partial charge in [0.2, 0.25) is 11.8 Å². The molecule has 1 fully saturated rings. The Labute approximate surface area is 122 Å². The Bertz CT molecular complexity index is 625. The number of carbonyl (C=O) groups is 2. The van der Waals surface area contributed by atoms with Gasteiger partial charge in [-0.2, -0.15) is 0 Å². The lowest BCUT2D eigenvalue weighted by atomic mass is 10.00. The highest BCUT2D eigenvalue weighted by molar-refractivity contribution is 6.22. The zero-order valence-corrected chi connectivity index (χ0v) is 11.9. The minimum atomic E-state index is -0.493. The van der Waals surface area contributed by atoms with Gasteiger partial charge in [0, 0.05) is 18.3 Å². The molecule has 5 heteroatoms. The van der Waals surface area contributed by atoms with Crippen LogP contribution in [0.1, 0.15) is 25.8 Å². The molecule has 0 spiro atoms. The van der Waals surface area contributed by atoms with Crippen molar-refractivity contribution < 1.29 is 19.1 Å². The second-order valence-corrected chi connectivity index (χ2v) is 5.03. The molecule has 1 aliphatic heterocycles. The van der Waals surface area contributed by atoms with Crippen LogP contribution in [-0.4, -0.2) is 23.5 Å². The van der Waals surface area contributed by atoms with Crippen LogP contribution in [0.25, 0.3) is 0 Å². The number of aliphatic hydroxyl groups excluding tert-OH is 1. The molecule has 2 amide bonds. The van der Waals surface area contributed by atoms with E-state index in [0.717, 1.165) is 4.90 Å². The van der Waals surface area contributed by atoms with Gasteiger partial charge in [-0.1, -0.05) is 25.7 Å². The molecule has 1 N–H and O–H groups in total. The molecule has 2 rings (SSSR count). The van der Waals surface area contributed by atoms with Crippen LogP contribution in [-0.2, 0) is 9.59 Å². The maximum atomic E-state index is 13.4. The van der Waals surface area contributed by atoms with Crippen molar-refractivity contribution in [2.75, 3.05) is 11.5 Å². The maximum Gasteiger partial charge on any atom is 0.237 e. The Morgan fingerprint density at radius 3 is 2.43 bits per heavy atom. The summed E-state index contributed by atoms with van der Waals surface area (Å²) >= 11 is 0. The molecular formula is C16H16FNO3. The van der Waals surface area contributed by atoms with Crippen molar-refractivity contribution >= 4 is 17.5 Å². The number of aliphatic hydroxyl groups is 1. The number of imide groups is 1. The minimum absolute atomic E-state index is 0.104. The number of benzene rings is 1. The zero-order valence-electron chi connectivity index (χ0n) is 11.9. The Hall–Kier alpha value is -2.19. The molecule has 0 bridgehead atoms. The van der Waals surface area contributed by atoms with Crippen molar-refractivity contribution in [3.8, 4) is 11.8 Å². The summed E-state index contributed by atoms with van der Waals surface area (Å²) in [6, 6.07) is 3.77. The van der Waals surface area contributed by atoms with Crippen LogP contribution in [0.15, 0.2) is 18.2 Å². The molecule has 4 nitrogen and oxygen atoms in total. The van der Waals surface area contributed by atoms with Gasteiger partial charge in [-0.05, 0) is 18.2 Å². The van der Waals surface area contributed by atoms with Crippen LogP contribution in [0.5, 0.6) is 0 Å². The number of amides is 2. The normalized spacial score (nSPS) is 21.4. The quantitative estimate of drug-likeness (QED) is 0.666. The van der Waals surface area contributed by atoms with E-state index in [2.05, 4.69) is 11.8 Å². The molecule has 0 saturated carbocycles. The standard InChI is InChI=1S/C16H16FNO3/c1-10-11(2)16(21)18(15(10)20)14-7-6-13(17)9-12(14)5-3-4-8-19/h6-7,9-11,19H,4,8H2,1-2H3. The Morgan fingerprint density at radius 1 is 1.24 bits per heavy atom. The molecule has 0 radical (unpaired) electrons. The van der Waals surface area contributed by atoms with Gasteiger partial charge in [-0.25, -0.2) is 9.29 Å². The monoisotopic (exact) mass is 289 g/mol. The molecule has 1 heterocycles. The average Bonchev–Trinajstić information content (AvgIpc) is 2.64. The lowest BCUT2D eigenvalue weighted by molar-refractivity contribution is -0.122. The molecule has 2 unspecified atom stereocenters. The van der Waals surface area contributed by atoms with E-state index in [9.17, 15) is 14.0 Å². The minimum Gasteiger partial charge on any atom is -0.395 e. The van der Waals surface area contributed by atoms with Crippen LogP contribution in [0, 0.1) is 29.5 Å². The Kier molecular flexibility index (Phi) is 4.39. The van der Waals surface area contributed by atoms with Crippen molar-refractivity contribution in [1.82, 2.24) is 0 Å². The molecule has 21 heavy (non-hydrogen) atoms. The van der Waals surface area contributed by atoms with Crippen LogP contribution in [0.3, 0.4) is 0 Å². The summed E-state index contributed by atoms with van der Waals surface area (Å²) in [5, 5.41) is 8.74. The molecule has 2 atom stereocenters. The SMILES string of the molecule is CC1C(=O)N(c2ccc(F)cc2C#CCCO)C(=O)C1C. The average molecular weight is 289 g/mol. The van der Waals surface area contributed by atoms with Gasteiger partial charge in [-0.15, -0.1) is 0 Å². The lowest BCUT2D eigenvalue weighted by Crippen LogP contribution is -2.31. The molecule has 0 aliphatic carbocycles. The highest BCUT2D eigenvalue weighted by Gasteiger charge is 2.43. The van der Waals surface area contributed by atoms with Gasteiger partial charge in [0.05, 0.1) is 17.9 Å². The van der Waals surface area contributed by atoms with Gasteiger partial charge in [0.25, 0.3) is 0 Å². The Balaban J connectivity index is 2.47. The summed E-state index contributed by atoms with van der Waals surface area (Å²) in [5.74, 6) is 3.48. The fourth-order valence-corrected chi connectivity index (χ4v) is 2.20. The molecule has 110 valence electrons. The second-order valence-electron chi connectivity index (χ2n) is 5.03. The van der Waals surface area contributed by atoms with E-state index in [4.69, 9.17) is 5.11 Å². The van der Waals surface area contributed by atoms with Crippen molar-refractivity contribution in [3.05, 3.63) is 29.6 Å². The van der Waals surface area contributed by atoms with Crippen LogP contribution in [0.2, 0.25) is 0 Å². The van der Waals surface area contributed by atoms with E-state index in [1.165, 1.54) is 18.2 Å². The molecule has 1 saturated heterocycles. The summed E-state index contributed by atoms with van der Waals surface area (Å²) in [7, 11) is 0. The predicted molar refractivity (Wildman–Crippen MR) is 75.8 cm³/mol. The van der Waals surface area contributed by atoms with Gasteiger partial charge in [0.1, 0.15) is 5.82 Å². The van der Waals surface area contributed by atoms with Gasteiger partial charge < -0.3 is 5.11 Å². The maximum absolute atomic E-state index is 13.4. The number of rotatable bonds is 2. The number of hydrogen-bond acceptors (Lipinski definition) is 3. The third-order valence-corrected chi connectivity index (χ3v) is 3.63. The van der Waals surface area contributed by atoms with Gasteiger partial charge in [-0.3, -0.25) is 9.59 Å².